The fourth-order valence-electron chi connectivity index (χ4n) is 2.84. The number of aryl methyl sites for hydroxylation is 1. The molecule has 1 amide bonds. The van der Waals surface area contributed by atoms with Crippen molar-refractivity contribution >= 4 is 11.6 Å². The van der Waals surface area contributed by atoms with Gasteiger partial charge in [0.2, 0.25) is 0 Å². The smallest absolute Gasteiger partial charge is 0.271 e. The Hall–Kier alpha value is -2.82. The van der Waals surface area contributed by atoms with Crippen LogP contribution in [0.25, 0.3) is 0 Å². The maximum atomic E-state index is 12.4. The monoisotopic (exact) mass is 324 g/mol. The summed E-state index contributed by atoms with van der Waals surface area (Å²) in [6.07, 6.45) is 2.95. The maximum Gasteiger partial charge on any atom is 0.271 e. The van der Waals surface area contributed by atoms with E-state index in [0.29, 0.717) is 17.1 Å². The van der Waals surface area contributed by atoms with Gasteiger partial charge in [0.05, 0.1) is 19.9 Å². The van der Waals surface area contributed by atoms with E-state index < -0.39 is 0 Å². The van der Waals surface area contributed by atoms with E-state index in [1.165, 1.54) is 5.56 Å². The summed E-state index contributed by atoms with van der Waals surface area (Å²) in [6.45, 7) is 0. The minimum absolute atomic E-state index is 0.289. The number of methoxy groups -OCH3 is 2. The summed E-state index contributed by atoms with van der Waals surface area (Å²) in [5.74, 6) is 0.841. The molecule has 0 unspecified atom stereocenters. The van der Waals surface area contributed by atoms with E-state index in [1.54, 1.807) is 32.4 Å². The average molecular weight is 324 g/mol. The Kier molecular flexibility index (Phi) is 4.79. The van der Waals surface area contributed by atoms with Gasteiger partial charge in [0.25, 0.3) is 5.91 Å². The van der Waals surface area contributed by atoms with Crippen molar-refractivity contribution in [2.75, 3.05) is 14.2 Å². The number of nitrogens with zero attached hydrogens (tertiary/aromatic N) is 1. The molecule has 0 fully saturated rings. The first-order chi connectivity index (χ1) is 11.7. The van der Waals surface area contributed by atoms with Crippen LogP contribution in [0, 0.1) is 0 Å². The number of nitrogens with one attached hydrogen (secondary N) is 1. The molecule has 2 aromatic carbocycles. The van der Waals surface area contributed by atoms with Crippen molar-refractivity contribution in [1.29, 1.82) is 0 Å². The molecule has 0 atom stereocenters. The lowest BCUT2D eigenvalue weighted by molar-refractivity contribution is 0.0954. The van der Waals surface area contributed by atoms with E-state index in [4.69, 9.17) is 9.47 Å². The molecule has 0 bridgehead atoms. The van der Waals surface area contributed by atoms with Crippen LogP contribution in [0.4, 0.5) is 0 Å². The van der Waals surface area contributed by atoms with Gasteiger partial charge in [0, 0.05) is 17.2 Å². The second-order valence-corrected chi connectivity index (χ2v) is 5.61. The molecule has 1 aliphatic rings. The normalized spacial score (nSPS) is 14.8. The number of carbonyl (C=O) groups excluding carboxylic acids is 1. The topological polar surface area (TPSA) is 59.9 Å². The highest BCUT2D eigenvalue weighted by Gasteiger charge is 2.16. The number of ether oxygens (including phenoxy) is 2. The first-order valence-electron chi connectivity index (χ1n) is 7.89. The Morgan fingerprint density at radius 3 is 2.46 bits per heavy atom. The number of fused-ring (bicyclic) bond motifs is 1. The second-order valence-electron chi connectivity index (χ2n) is 5.61. The lowest BCUT2D eigenvalue weighted by atomic mass is 9.90. The molecule has 3 rings (SSSR count). The maximum absolute atomic E-state index is 12.4. The Balaban J connectivity index is 1.81. The zero-order chi connectivity index (χ0) is 16.9. The quantitative estimate of drug-likeness (QED) is 0.879. The Morgan fingerprint density at radius 2 is 1.75 bits per heavy atom. The van der Waals surface area contributed by atoms with Gasteiger partial charge in [0.15, 0.2) is 0 Å². The van der Waals surface area contributed by atoms with E-state index in [9.17, 15) is 4.79 Å². The van der Waals surface area contributed by atoms with E-state index in [0.717, 1.165) is 30.5 Å². The fraction of sp³-hybridized carbons (Fsp3) is 0.263. The van der Waals surface area contributed by atoms with Crippen LogP contribution in [-0.2, 0) is 6.42 Å². The highest BCUT2D eigenvalue weighted by molar-refractivity contribution is 6.04. The first-order valence-corrected chi connectivity index (χ1v) is 7.89. The summed E-state index contributed by atoms with van der Waals surface area (Å²) in [6, 6.07) is 13.2. The minimum atomic E-state index is -0.289. The zero-order valence-electron chi connectivity index (χ0n) is 13.8. The number of hydrogen-bond donors (Lipinski definition) is 1. The second kappa shape index (κ2) is 7.17. The Labute approximate surface area is 141 Å². The molecule has 0 aliphatic heterocycles. The molecular weight excluding hydrogens is 304 g/mol. The molecule has 0 saturated heterocycles. The van der Waals surface area contributed by atoms with Gasteiger partial charge in [-0.3, -0.25) is 4.79 Å². The van der Waals surface area contributed by atoms with Crippen LogP contribution in [-0.4, -0.2) is 25.8 Å². The molecule has 1 N–H and O–H groups in total. The zero-order valence-corrected chi connectivity index (χ0v) is 13.8. The third kappa shape index (κ3) is 3.40. The van der Waals surface area contributed by atoms with Crippen LogP contribution >= 0.6 is 0 Å². The van der Waals surface area contributed by atoms with Crippen LogP contribution < -0.4 is 14.9 Å². The molecule has 24 heavy (non-hydrogen) atoms. The van der Waals surface area contributed by atoms with Crippen LogP contribution in [0.1, 0.15) is 34.3 Å². The van der Waals surface area contributed by atoms with E-state index in [2.05, 4.69) is 16.6 Å². The predicted molar refractivity (Wildman–Crippen MR) is 92.9 cm³/mol. The van der Waals surface area contributed by atoms with Crippen molar-refractivity contribution in [3.8, 4) is 11.5 Å². The molecular formula is C19H20N2O3. The largest absolute Gasteiger partial charge is 0.497 e. The third-order valence-electron chi connectivity index (χ3n) is 4.09. The molecule has 2 aromatic rings. The molecule has 5 heteroatoms. The summed E-state index contributed by atoms with van der Waals surface area (Å²) in [5, 5.41) is 4.35. The number of amides is 1. The van der Waals surface area contributed by atoms with Gasteiger partial charge in [-0.25, -0.2) is 5.43 Å². The van der Waals surface area contributed by atoms with Crippen LogP contribution in [0.3, 0.4) is 0 Å². The Morgan fingerprint density at radius 1 is 1.04 bits per heavy atom. The Bertz CT molecular complexity index is 762. The van der Waals surface area contributed by atoms with Crippen molar-refractivity contribution in [3.63, 3.8) is 0 Å². The van der Waals surface area contributed by atoms with Gasteiger partial charge in [-0.2, -0.15) is 5.10 Å². The predicted octanol–water partition coefficient (Wildman–Crippen LogP) is 3.17. The number of hydrazone groups is 1. The molecule has 0 heterocycles. The number of hydrogen-bond acceptors (Lipinski definition) is 4. The number of benzene rings is 2. The summed E-state index contributed by atoms with van der Waals surface area (Å²) in [7, 11) is 3.10. The molecule has 5 nitrogen and oxygen atoms in total. The molecule has 0 spiro atoms. The van der Waals surface area contributed by atoms with Gasteiger partial charge in [-0.15, -0.1) is 0 Å². The van der Waals surface area contributed by atoms with Gasteiger partial charge in [-0.1, -0.05) is 24.3 Å². The number of carbonyl (C=O) groups is 1. The van der Waals surface area contributed by atoms with E-state index >= 15 is 0 Å². The highest BCUT2D eigenvalue weighted by Crippen LogP contribution is 2.23. The summed E-state index contributed by atoms with van der Waals surface area (Å²) < 4.78 is 10.4. The highest BCUT2D eigenvalue weighted by atomic mass is 16.5. The van der Waals surface area contributed by atoms with Crippen molar-refractivity contribution in [2.45, 2.75) is 19.3 Å². The molecule has 0 saturated carbocycles. The lowest BCUT2D eigenvalue weighted by Crippen LogP contribution is -2.22. The van der Waals surface area contributed by atoms with Gasteiger partial charge in [-0.05, 0) is 37.0 Å². The summed E-state index contributed by atoms with van der Waals surface area (Å²) >= 11 is 0. The van der Waals surface area contributed by atoms with E-state index in [-0.39, 0.29) is 5.91 Å². The molecule has 0 radical (unpaired) electrons. The standard InChI is InChI=1S/C19H20N2O3/c1-23-15-10-14(11-16(12-15)24-2)19(22)21-20-18-9-5-7-13-6-3-4-8-17(13)18/h3-4,6,8,10-12H,5,7,9H2,1-2H3,(H,21,22)/b20-18+. The number of rotatable bonds is 4. The third-order valence-corrected chi connectivity index (χ3v) is 4.09. The summed E-state index contributed by atoms with van der Waals surface area (Å²) in [5.41, 5.74) is 6.41. The minimum Gasteiger partial charge on any atom is -0.497 e. The van der Waals surface area contributed by atoms with Crippen molar-refractivity contribution in [1.82, 2.24) is 5.43 Å². The summed E-state index contributed by atoms with van der Waals surface area (Å²) in [4.78, 5) is 12.4. The van der Waals surface area contributed by atoms with Gasteiger partial charge < -0.3 is 9.47 Å². The van der Waals surface area contributed by atoms with Crippen molar-refractivity contribution < 1.29 is 14.3 Å². The fourth-order valence-corrected chi connectivity index (χ4v) is 2.84. The molecule has 0 aromatic heterocycles. The van der Waals surface area contributed by atoms with Crippen molar-refractivity contribution in [2.24, 2.45) is 5.10 Å². The molecule has 124 valence electrons. The van der Waals surface area contributed by atoms with Gasteiger partial charge >= 0.3 is 0 Å². The van der Waals surface area contributed by atoms with Gasteiger partial charge in [0.1, 0.15) is 11.5 Å². The average Bonchev–Trinajstić information content (AvgIpc) is 2.65. The van der Waals surface area contributed by atoms with Crippen LogP contribution in [0.2, 0.25) is 0 Å². The SMILES string of the molecule is COc1cc(OC)cc(C(=O)N/N=C2\CCCc3ccccc32)c1. The van der Waals surface area contributed by atoms with Crippen LogP contribution in [0.5, 0.6) is 11.5 Å². The van der Waals surface area contributed by atoms with Crippen LogP contribution in [0.15, 0.2) is 47.6 Å². The van der Waals surface area contributed by atoms with E-state index in [1.807, 2.05) is 18.2 Å². The first kappa shape index (κ1) is 16.1. The van der Waals surface area contributed by atoms with Crippen molar-refractivity contribution in [3.05, 3.63) is 59.2 Å². The lowest BCUT2D eigenvalue weighted by Gasteiger charge is -2.17. The molecule has 1 aliphatic carbocycles.